The largest absolute Gasteiger partial charge is 0.508 e. The summed E-state index contributed by atoms with van der Waals surface area (Å²) < 4.78 is 5.47. The zero-order valence-electron chi connectivity index (χ0n) is 24.2. The van der Waals surface area contributed by atoms with E-state index >= 15 is 0 Å². The van der Waals surface area contributed by atoms with Gasteiger partial charge in [-0.2, -0.15) is 0 Å². The van der Waals surface area contributed by atoms with E-state index < -0.39 is 23.8 Å². The fourth-order valence-electron chi connectivity index (χ4n) is 4.26. The van der Waals surface area contributed by atoms with Gasteiger partial charge in [-0.05, 0) is 64.3 Å². The third kappa shape index (κ3) is 11.0. The third-order valence-electron chi connectivity index (χ3n) is 6.01. The Labute approximate surface area is 233 Å². The molecule has 39 heavy (non-hydrogen) atoms. The number of unbranched alkanes of at least 4 members (excludes halogenated alkanes) is 3. The highest BCUT2D eigenvalue weighted by Crippen LogP contribution is 2.25. The molecule has 0 fully saturated rings. The second-order valence-electron chi connectivity index (χ2n) is 11.1. The monoisotopic (exact) mass is 539 g/mol. The quantitative estimate of drug-likeness (QED) is 0.291. The Balaban J connectivity index is 2.51. The Hall–Kier alpha value is -3.55. The molecule has 2 rings (SSSR count). The van der Waals surface area contributed by atoms with Crippen molar-refractivity contribution in [1.29, 1.82) is 0 Å². The molecule has 8 nitrogen and oxygen atoms in total. The lowest BCUT2D eigenvalue weighted by molar-refractivity contribution is -0.142. The average molecular weight is 540 g/mol. The summed E-state index contributed by atoms with van der Waals surface area (Å²) in [6.45, 7) is 11.5. The highest BCUT2D eigenvalue weighted by molar-refractivity contribution is 5.92. The summed E-state index contributed by atoms with van der Waals surface area (Å²) in [5, 5.41) is 15.5. The molecule has 0 bridgehead atoms. The Morgan fingerprint density at radius 2 is 1.56 bits per heavy atom. The number of alkyl carbamates (subject to hydrolysis) is 1. The maximum Gasteiger partial charge on any atom is 0.408 e. The molecule has 0 radical (unpaired) electrons. The van der Waals surface area contributed by atoms with Gasteiger partial charge in [0.25, 0.3) is 0 Å². The second-order valence-corrected chi connectivity index (χ2v) is 11.1. The van der Waals surface area contributed by atoms with Crippen LogP contribution in [0.4, 0.5) is 4.79 Å². The lowest BCUT2D eigenvalue weighted by Crippen LogP contribution is -2.54. The molecule has 0 aliphatic heterocycles. The zero-order chi connectivity index (χ0) is 29.0. The summed E-state index contributed by atoms with van der Waals surface area (Å²) in [5.41, 5.74) is 0.691. The van der Waals surface area contributed by atoms with E-state index in [-0.39, 0.29) is 30.0 Å². The van der Waals surface area contributed by atoms with Gasteiger partial charge in [-0.25, -0.2) is 4.79 Å². The summed E-state index contributed by atoms with van der Waals surface area (Å²) in [4.78, 5) is 42.3. The number of benzene rings is 2. The highest BCUT2D eigenvalue weighted by Gasteiger charge is 2.36. The first-order chi connectivity index (χ1) is 18.4. The van der Waals surface area contributed by atoms with Gasteiger partial charge in [0.1, 0.15) is 23.4 Å². The summed E-state index contributed by atoms with van der Waals surface area (Å²) in [6.07, 6.45) is 3.13. The molecule has 0 aromatic heterocycles. The van der Waals surface area contributed by atoms with Crippen molar-refractivity contribution in [3.63, 3.8) is 0 Å². The van der Waals surface area contributed by atoms with Gasteiger partial charge in [0.15, 0.2) is 0 Å². The number of hydrogen-bond donors (Lipinski definition) is 3. The minimum atomic E-state index is -0.992. The molecule has 2 aromatic rings. The molecule has 3 N–H and O–H groups in total. The van der Waals surface area contributed by atoms with Crippen LogP contribution in [0.3, 0.4) is 0 Å². The molecule has 0 heterocycles. The lowest BCUT2D eigenvalue weighted by Gasteiger charge is -2.35. The number of amides is 3. The first-order valence-corrected chi connectivity index (χ1v) is 13.8. The van der Waals surface area contributed by atoms with Gasteiger partial charge >= 0.3 is 6.09 Å². The molecule has 2 unspecified atom stereocenters. The van der Waals surface area contributed by atoms with E-state index in [2.05, 4.69) is 17.6 Å². The normalized spacial score (nSPS) is 12.9. The van der Waals surface area contributed by atoms with Gasteiger partial charge < -0.3 is 25.4 Å². The van der Waals surface area contributed by atoms with Crippen molar-refractivity contribution in [2.75, 3.05) is 6.54 Å². The summed E-state index contributed by atoms with van der Waals surface area (Å²) in [5.74, 6) is -0.548. The van der Waals surface area contributed by atoms with E-state index in [0.717, 1.165) is 31.2 Å². The molecule has 8 heteroatoms. The van der Waals surface area contributed by atoms with Crippen molar-refractivity contribution in [3.8, 4) is 5.75 Å². The number of hydrogen-bond acceptors (Lipinski definition) is 5. The molecule has 0 saturated carbocycles. The Morgan fingerprint density at radius 1 is 0.923 bits per heavy atom. The molecule has 214 valence electrons. The van der Waals surface area contributed by atoms with Crippen molar-refractivity contribution in [2.45, 2.75) is 97.4 Å². The molecule has 3 amide bonds. The van der Waals surface area contributed by atoms with Crippen LogP contribution in [0, 0.1) is 0 Å². The van der Waals surface area contributed by atoms with Crippen molar-refractivity contribution >= 4 is 17.9 Å². The Kier molecular flexibility index (Phi) is 12.3. The predicted molar refractivity (Wildman–Crippen MR) is 153 cm³/mol. The number of phenols is 1. The van der Waals surface area contributed by atoms with Crippen LogP contribution in [-0.2, 0) is 20.7 Å². The maximum atomic E-state index is 14.3. The first-order valence-electron chi connectivity index (χ1n) is 13.8. The fourth-order valence-corrected chi connectivity index (χ4v) is 4.26. The molecule has 0 aliphatic rings. The van der Waals surface area contributed by atoms with Crippen LogP contribution in [-0.4, -0.2) is 52.1 Å². The van der Waals surface area contributed by atoms with Crippen LogP contribution in [0.15, 0.2) is 54.6 Å². The Bertz CT molecular complexity index is 1050. The number of ether oxygens (including phenoxy) is 1. The number of aromatic hydroxyl groups is 1. The zero-order valence-corrected chi connectivity index (χ0v) is 24.2. The smallest absolute Gasteiger partial charge is 0.408 e. The van der Waals surface area contributed by atoms with E-state index in [1.807, 2.05) is 44.2 Å². The van der Waals surface area contributed by atoms with Crippen LogP contribution >= 0.6 is 0 Å². The number of nitrogens with one attached hydrogen (secondary N) is 2. The standard InChI is InChI=1S/C31H45N3O5/c1-7-8-9-13-20-34(27(28(36)32-22(2)3)24-14-11-10-12-15-24)29(37)26(33-30(38)39-31(4,5)6)21-23-16-18-25(35)19-17-23/h10-12,14-19,22,26-27,35H,7-9,13,20-21H2,1-6H3,(H,32,36)(H,33,38). The van der Waals surface area contributed by atoms with Gasteiger partial charge in [-0.15, -0.1) is 0 Å². The van der Waals surface area contributed by atoms with E-state index in [1.165, 1.54) is 12.1 Å². The molecule has 2 atom stereocenters. The Morgan fingerprint density at radius 3 is 2.13 bits per heavy atom. The van der Waals surface area contributed by atoms with Crippen LogP contribution in [0.2, 0.25) is 0 Å². The van der Waals surface area contributed by atoms with Gasteiger partial charge in [-0.1, -0.05) is 68.7 Å². The summed E-state index contributed by atoms with van der Waals surface area (Å²) in [6, 6.07) is 13.7. The van der Waals surface area contributed by atoms with Crippen molar-refractivity contribution in [2.24, 2.45) is 0 Å². The SMILES string of the molecule is CCCCCCN(C(=O)C(Cc1ccc(O)cc1)NC(=O)OC(C)(C)C)C(C(=O)NC(C)C)c1ccccc1. The maximum absolute atomic E-state index is 14.3. The molecule has 0 spiro atoms. The van der Waals surface area contributed by atoms with Crippen molar-refractivity contribution in [1.82, 2.24) is 15.5 Å². The van der Waals surface area contributed by atoms with Gasteiger partial charge in [0, 0.05) is 19.0 Å². The molecule has 0 aliphatic carbocycles. The molecule has 0 saturated heterocycles. The summed E-state index contributed by atoms with van der Waals surface area (Å²) >= 11 is 0. The minimum Gasteiger partial charge on any atom is -0.508 e. The van der Waals surface area contributed by atoms with Crippen molar-refractivity contribution < 1.29 is 24.2 Å². The van der Waals surface area contributed by atoms with E-state index in [4.69, 9.17) is 4.74 Å². The van der Waals surface area contributed by atoms with Gasteiger partial charge in [0.2, 0.25) is 11.8 Å². The number of phenolic OH excluding ortho intramolecular Hbond substituents is 1. The van der Waals surface area contributed by atoms with Crippen LogP contribution in [0.5, 0.6) is 5.75 Å². The van der Waals surface area contributed by atoms with E-state index in [9.17, 15) is 19.5 Å². The van der Waals surface area contributed by atoms with E-state index in [0.29, 0.717) is 12.1 Å². The second kappa shape index (κ2) is 15.1. The predicted octanol–water partition coefficient (Wildman–Crippen LogP) is 5.50. The topological polar surface area (TPSA) is 108 Å². The van der Waals surface area contributed by atoms with Crippen LogP contribution < -0.4 is 10.6 Å². The summed E-state index contributed by atoms with van der Waals surface area (Å²) in [7, 11) is 0. The molecule has 2 aromatic carbocycles. The number of carbonyl (C=O) groups excluding carboxylic acids is 3. The van der Waals surface area contributed by atoms with Crippen LogP contribution in [0.1, 0.15) is 84.4 Å². The number of carbonyl (C=O) groups is 3. The first kappa shape index (κ1) is 31.7. The molecular weight excluding hydrogens is 494 g/mol. The molecular formula is C31H45N3O5. The minimum absolute atomic E-state index is 0.105. The highest BCUT2D eigenvalue weighted by atomic mass is 16.6. The van der Waals surface area contributed by atoms with Gasteiger partial charge in [-0.3, -0.25) is 9.59 Å². The van der Waals surface area contributed by atoms with E-state index in [1.54, 1.807) is 37.8 Å². The number of nitrogens with zero attached hydrogens (tertiary/aromatic N) is 1. The average Bonchev–Trinajstić information content (AvgIpc) is 2.85. The fraction of sp³-hybridized carbons (Fsp3) is 0.516. The van der Waals surface area contributed by atoms with Crippen molar-refractivity contribution in [3.05, 3.63) is 65.7 Å². The lowest BCUT2D eigenvalue weighted by atomic mass is 9.99. The number of rotatable bonds is 13. The third-order valence-corrected chi connectivity index (χ3v) is 6.01. The van der Waals surface area contributed by atoms with Crippen LogP contribution in [0.25, 0.3) is 0 Å². The van der Waals surface area contributed by atoms with Gasteiger partial charge in [0.05, 0.1) is 0 Å².